The third-order valence-electron chi connectivity index (χ3n) is 12.4. The van der Waals surface area contributed by atoms with Gasteiger partial charge < -0.3 is 20.3 Å². The van der Waals surface area contributed by atoms with Crippen molar-refractivity contribution in [1.29, 1.82) is 0 Å². The zero-order valence-electron chi connectivity index (χ0n) is 41.4. The van der Waals surface area contributed by atoms with Crippen molar-refractivity contribution in [2.24, 2.45) is 0 Å². The summed E-state index contributed by atoms with van der Waals surface area (Å²) in [6.45, 7) is 4.81. The van der Waals surface area contributed by atoms with Gasteiger partial charge in [0.25, 0.3) is 0 Å². The van der Waals surface area contributed by atoms with Crippen LogP contribution in [0.25, 0.3) is 0 Å². The largest absolute Gasteiger partial charge is 0.466 e. The summed E-state index contributed by atoms with van der Waals surface area (Å²) in [6, 6.07) is -0.654. The maximum atomic E-state index is 12.4. The maximum absolute atomic E-state index is 12.4. The fraction of sp³-hybridized carbons (Fsp3) is 0.857. The maximum Gasteiger partial charge on any atom is 0.305 e. The Balaban J connectivity index is 3.57. The van der Waals surface area contributed by atoms with Gasteiger partial charge in [-0.2, -0.15) is 0 Å². The van der Waals surface area contributed by atoms with Crippen LogP contribution in [0.1, 0.15) is 284 Å². The van der Waals surface area contributed by atoms with E-state index in [4.69, 9.17) is 4.74 Å². The van der Waals surface area contributed by atoms with Crippen molar-refractivity contribution in [3.05, 3.63) is 36.5 Å². The summed E-state index contributed by atoms with van der Waals surface area (Å²) in [5.74, 6) is -0.149. The molecule has 0 aromatic heterocycles. The van der Waals surface area contributed by atoms with Crippen LogP contribution in [-0.4, -0.2) is 47.4 Å². The normalized spacial score (nSPS) is 12.9. The predicted octanol–water partition coefficient (Wildman–Crippen LogP) is 16.5. The van der Waals surface area contributed by atoms with E-state index < -0.39 is 12.1 Å². The molecule has 6 nitrogen and oxygen atoms in total. The molecule has 0 aliphatic rings. The minimum absolute atomic E-state index is 0.0464. The molecule has 364 valence electrons. The van der Waals surface area contributed by atoms with Gasteiger partial charge in [-0.1, -0.05) is 224 Å². The second kappa shape index (κ2) is 51.7. The summed E-state index contributed by atoms with van der Waals surface area (Å²) in [5.41, 5.74) is 0. The molecule has 2 atom stereocenters. The van der Waals surface area contributed by atoms with Crippen molar-refractivity contribution in [1.82, 2.24) is 5.32 Å². The topological polar surface area (TPSA) is 95.9 Å². The van der Waals surface area contributed by atoms with Crippen molar-refractivity contribution in [2.45, 2.75) is 296 Å². The van der Waals surface area contributed by atoms with Crippen LogP contribution >= 0.6 is 0 Å². The number of allylic oxidation sites excluding steroid dienone is 5. The van der Waals surface area contributed by atoms with Gasteiger partial charge in [0.2, 0.25) is 5.91 Å². The summed E-state index contributed by atoms with van der Waals surface area (Å²) in [4.78, 5) is 24.5. The number of ether oxygens (including phenoxy) is 1. The van der Waals surface area contributed by atoms with Crippen LogP contribution in [0.3, 0.4) is 0 Å². The highest BCUT2D eigenvalue weighted by molar-refractivity contribution is 5.76. The van der Waals surface area contributed by atoms with Crippen molar-refractivity contribution >= 4 is 11.9 Å². The number of carbonyl (C=O) groups excluding carboxylic acids is 2. The molecule has 0 spiro atoms. The lowest BCUT2D eigenvalue weighted by molar-refractivity contribution is -0.143. The smallest absolute Gasteiger partial charge is 0.305 e. The molecule has 0 heterocycles. The number of aliphatic hydroxyl groups is 2. The lowest BCUT2D eigenvalue weighted by Crippen LogP contribution is -2.45. The molecule has 0 radical (unpaired) electrons. The number of hydrogen-bond donors (Lipinski definition) is 3. The van der Waals surface area contributed by atoms with Crippen LogP contribution in [0.4, 0.5) is 0 Å². The Morgan fingerprint density at radius 2 is 0.758 bits per heavy atom. The third kappa shape index (κ3) is 47.6. The first-order valence-corrected chi connectivity index (χ1v) is 27.3. The Morgan fingerprint density at radius 1 is 0.435 bits per heavy atom. The first-order chi connectivity index (χ1) is 30.5. The first kappa shape index (κ1) is 60.1. The molecule has 0 aliphatic heterocycles. The van der Waals surface area contributed by atoms with Gasteiger partial charge >= 0.3 is 5.97 Å². The van der Waals surface area contributed by atoms with Crippen LogP contribution < -0.4 is 5.32 Å². The number of nitrogens with one attached hydrogen (secondary N) is 1. The second-order valence-corrected chi connectivity index (χ2v) is 18.5. The molecule has 0 aromatic rings. The average molecular weight is 872 g/mol. The molecule has 2 unspecified atom stereocenters. The van der Waals surface area contributed by atoms with Crippen molar-refractivity contribution < 1.29 is 24.5 Å². The molecule has 0 rings (SSSR count). The van der Waals surface area contributed by atoms with E-state index in [0.29, 0.717) is 19.4 Å². The molecular weight excluding hydrogens is 767 g/mol. The number of rotatable bonds is 50. The predicted molar refractivity (Wildman–Crippen MR) is 269 cm³/mol. The van der Waals surface area contributed by atoms with E-state index in [9.17, 15) is 19.8 Å². The Hall–Kier alpha value is -1.92. The van der Waals surface area contributed by atoms with Gasteiger partial charge in [-0.3, -0.25) is 9.59 Å². The standard InChI is InChI=1S/C56H105NO5/c1-3-5-7-9-11-13-15-17-19-20-21-22-23-25-26-28-32-36-40-44-48-54(59)53(52-58)57-55(60)49-45-41-37-33-30-31-35-39-43-47-51-62-56(61)50-46-42-38-34-29-27-24-18-16-14-12-10-8-6-4-2/h18,24,31,35,44,48,53-54,58-59H,3-17,19-23,25-30,32-34,36-43,45-47,49-52H2,1-2H3,(H,57,60)/b24-18-,35-31-,48-44+. The molecule has 0 saturated heterocycles. The van der Waals surface area contributed by atoms with Gasteiger partial charge in [0.05, 0.1) is 25.4 Å². The van der Waals surface area contributed by atoms with E-state index in [0.717, 1.165) is 77.0 Å². The summed E-state index contributed by atoms with van der Waals surface area (Å²) in [5, 5.41) is 23.1. The minimum Gasteiger partial charge on any atom is -0.466 e. The van der Waals surface area contributed by atoms with E-state index in [-0.39, 0.29) is 18.5 Å². The summed E-state index contributed by atoms with van der Waals surface area (Å²) >= 11 is 0. The molecule has 0 saturated carbocycles. The number of hydrogen-bond acceptors (Lipinski definition) is 5. The van der Waals surface area contributed by atoms with Crippen molar-refractivity contribution in [2.75, 3.05) is 13.2 Å². The first-order valence-electron chi connectivity index (χ1n) is 27.3. The molecule has 0 aliphatic carbocycles. The van der Waals surface area contributed by atoms with Gasteiger partial charge in [0.1, 0.15) is 0 Å². The highest BCUT2D eigenvalue weighted by atomic mass is 16.5. The van der Waals surface area contributed by atoms with E-state index in [2.05, 4.69) is 43.5 Å². The van der Waals surface area contributed by atoms with Crippen LogP contribution in [0.5, 0.6) is 0 Å². The summed E-state index contributed by atoms with van der Waals surface area (Å²) < 4.78 is 5.43. The number of unbranched alkanes of at least 4 members (excludes halogenated alkanes) is 35. The lowest BCUT2D eigenvalue weighted by atomic mass is 10.0. The third-order valence-corrected chi connectivity index (χ3v) is 12.4. The zero-order valence-corrected chi connectivity index (χ0v) is 41.4. The second-order valence-electron chi connectivity index (χ2n) is 18.5. The van der Waals surface area contributed by atoms with Gasteiger partial charge in [0, 0.05) is 12.8 Å². The molecular formula is C56H105NO5. The SMILES string of the molecule is CCCCCCCC/C=C\CCCCCCCC(=O)OCCCC/C=C\CCCCCCC(=O)NC(CO)C(O)/C=C/CCCCCCCCCCCCCCCCCCCC. The number of amides is 1. The molecule has 0 fully saturated rings. The Labute approximate surface area is 385 Å². The summed E-state index contributed by atoms with van der Waals surface area (Å²) in [6.07, 6.45) is 63.0. The Morgan fingerprint density at radius 3 is 1.15 bits per heavy atom. The van der Waals surface area contributed by atoms with E-state index >= 15 is 0 Å². The van der Waals surface area contributed by atoms with E-state index in [1.165, 1.54) is 180 Å². The van der Waals surface area contributed by atoms with Crippen molar-refractivity contribution in [3.8, 4) is 0 Å². The fourth-order valence-corrected chi connectivity index (χ4v) is 8.15. The van der Waals surface area contributed by atoms with Gasteiger partial charge in [0.15, 0.2) is 0 Å². The molecule has 0 aromatic carbocycles. The van der Waals surface area contributed by atoms with Gasteiger partial charge in [-0.25, -0.2) is 0 Å². The quantitative estimate of drug-likeness (QED) is 0.0321. The van der Waals surface area contributed by atoms with Gasteiger partial charge in [-0.05, 0) is 83.5 Å². The molecule has 0 bridgehead atoms. The van der Waals surface area contributed by atoms with E-state index in [1.54, 1.807) is 6.08 Å². The monoisotopic (exact) mass is 872 g/mol. The fourth-order valence-electron chi connectivity index (χ4n) is 8.15. The minimum atomic E-state index is -0.867. The molecule has 62 heavy (non-hydrogen) atoms. The number of carbonyl (C=O) groups is 2. The van der Waals surface area contributed by atoms with Crippen LogP contribution in [0.2, 0.25) is 0 Å². The Kier molecular flexibility index (Phi) is 50.1. The van der Waals surface area contributed by atoms with Crippen LogP contribution in [0, 0.1) is 0 Å². The average Bonchev–Trinajstić information content (AvgIpc) is 3.27. The van der Waals surface area contributed by atoms with E-state index in [1.807, 2.05) is 6.08 Å². The molecule has 3 N–H and O–H groups in total. The number of aliphatic hydroxyl groups excluding tert-OH is 2. The number of esters is 1. The summed E-state index contributed by atoms with van der Waals surface area (Å²) in [7, 11) is 0. The molecule has 1 amide bonds. The zero-order chi connectivity index (χ0) is 45.1. The molecule has 6 heteroatoms. The van der Waals surface area contributed by atoms with Crippen LogP contribution in [-0.2, 0) is 14.3 Å². The lowest BCUT2D eigenvalue weighted by Gasteiger charge is -2.20. The van der Waals surface area contributed by atoms with Crippen LogP contribution in [0.15, 0.2) is 36.5 Å². The van der Waals surface area contributed by atoms with Crippen molar-refractivity contribution in [3.63, 3.8) is 0 Å². The highest BCUT2D eigenvalue weighted by Crippen LogP contribution is 2.16. The Bertz CT molecular complexity index is 1010. The van der Waals surface area contributed by atoms with Gasteiger partial charge in [-0.15, -0.1) is 0 Å². The highest BCUT2D eigenvalue weighted by Gasteiger charge is 2.18.